The molecule has 3 aromatic rings. The quantitative estimate of drug-likeness (QED) is 0.493. The number of nitrogens with zero attached hydrogens (tertiary/aromatic N) is 6. The third-order valence-electron chi connectivity index (χ3n) is 4.28. The Kier molecular flexibility index (Phi) is 5.58. The second-order valence-electron chi connectivity index (χ2n) is 5.89. The lowest BCUT2D eigenvalue weighted by atomic mass is 10.1. The first-order chi connectivity index (χ1) is 13.5. The highest BCUT2D eigenvalue weighted by atomic mass is 16.6. The van der Waals surface area contributed by atoms with E-state index in [-0.39, 0.29) is 11.3 Å². The molecule has 10 heteroatoms. The maximum atomic E-state index is 12.9. The van der Waals surface area contributed by atoms with Crippen LogP contribution in [0.1, 0.15) is 24.2 Å². The Morgan fingerprint density at radius 1 is 1.18 bits per heavy atom. The SMILES string of the molecule is CCN(CC)c1ccc([N+](=O)[O-])cc1C(=O)Nc1ccc(-n2cnnn2)cc1. The summed E-state index contributed by atoms with van der Waals surface area (Å²) in [6.07, 6.45) is 1.47. The predicted molar refractivity (Wildman–Crippen MR) is 104 cm³/mol. The monoisotopic (exact) mass is 381 g/mol. The highest BCUT2D eigenvalue weighted by molar-refractivity contribution is 6.08. The molecule has 0 unspecified atom stereocenters. The van der Waals surface area contributed by atoms with Crippen LogP contribution in [0.2, 0.25) is 0 Å². The van der Waals surface area contributed by atoms with Crippen molar-refractivity contribution in [1.82, 2.24) is 20.2 Å². The van der Waals surface area contributed by atoms with Crippen molar-refractivity contribution in [2.24, 2.45) is 0 Å². The summed E-state index contributed by atoms with van der Waals surface area (Å²) < 4.78 is 1.49. The van der Waals surface area contributed by atoms with Crippen LogP contribution in [0.4, 0.5) is 17.1 Å². The lowest BCUT2D eigenvalue weighted by molar-refractivity contribution is -0.384. The molecule has 0 aliphatic carbocycles. The van der Waals surface area contributed by atoms with Crippen molar-refractivity contribution in [3.8, 4) is 5.69 Å². The highest BCUT2D eigenvalue weighted by Gasteiger charge is 2.19. The van der Waals surface area contributed by atoms with Gasteiger partial charge in [-0.1, -0.05) is 0 Å². The van der Waals surface area contributed by atoms with Crippen molar-refractivity contribution < 1.29 is 9.72 Å². The molecule has 0 radical (unpaired) electrons. The van der Waals surface area contributed by atoms with Crippen molar-refractivity contribution in [2.45, 2.75) is 13.8 Å². The summed E-state index contributed by atoms with van der Waals surface area (Å²) in [5.41, 5.74) is 2.07. The number of carbonyl (C=O) groups is 1. The maximum Gasteiger partial charge on any atom is 0.270 e. The van der Waals surface area contributed by atoms with E-state index in [4.69, 9.17) is 0 Å². The van der Waals surface area contributed by atoms with Gasteiger partial charge in [0.2, 0.25) is 0 Å². The fourth-order valence-corrected chi connectivity index (χ4v) is 2.84. The fraction of sp³-hybridized carbons (Fsp3) is 0.222. The van der Waals surface area contributed by atoms with E-state index >= 15 is 0 Å². The first-order valence-corrected chi connectivity index (χ1v) is 8.71. The number of carbonyl (C=O) groups excluding carboxylic acids is 1. The zero-order valence-electron chi connectivity index (χ0n) is 15.4. The van der Waals surface area contributed by atoms with E-state index in [2.05, 4.69) is 20.8 Å². The van der Waals surface area contributed by atoms with Crippen LogP contribution in [0, 0.1) is 10.1 Å². The van der Waals surface area contributed by atoms with Crippen LogP contribution >= 0.6 is 0 Å². The zero-order valence-corrected chi connectivity index (χ0v) is 15.4. The lowest BCUT2D eigenvalue weighted by Gasteiger charge is -2.23. The van der Waals surface area contributed by atoms with Gasteiger partial charge in [0.15, 0.2) is 0 Å². The number of tetrazole rings is 1. The molecule has 10 nitrogen and oxygen atoms in total. The third-order valence-corrected chi connectivity index (χ3v) is 4.28. The summed E-state index contributed by atoms with van der Waals surface area (Å²) in [5.74, 6) is -0.416. The average molecular weight is 381 g/mol. The van der Waals surface area contributed by atoms with Crippen LogP contribution in [0.5, 0.6) is 0 Å². The molecule has 0 atom stereocenters. The normalized spacial score (nSPS) is 10.5. The van der Waals surface area contributed by atoms with Crippen molar-refractivity contribution in [1.29, 1.82) is 0 Å². The van der Waals surface area contributed by atoms with Gasteiger partial charge in [0, 0.05) is 30.9 Å². The molecule has 1 heterocycles. The number of benzene rings is 2. The van der Waals surface area contributed by atoms with E-state index in [0.29, 0.717) is 24.5 Å². The van der Waals surface area contributed by atoms with Crippen LogP contribution in [-0.2, 0) is 0 Å². The summed E-state index contributed by atoms with van der Waals surface area (Å²) in [6.45, 7) is 5.28. The Bertz CT molecular complexity index is 967. The lowest BCUT2D eigenvalue weighted by Crippen LogP contribution is -2.25. The molecule has 1 aromatic heterocycles. The van der Waals surface area contributed by atoms with Gasteiger partial charge in [-0.3, -0.25) is 14.9 Å². The van der Waals surface area contributed by atoms with E-state index in [0.717, 1.165) is 5.69 Å². The number of aromatic nitrogens is 4. The maximum absolute atomic E-state index is 12.9. The molecule has 28 heavy (non-hydrogen) atoms. The molecule has 1 N–H and O–H groups in total. The number of nitrogens with one attached hydrogen (secondary N) is 1. The summed E-state index contributed by atoms with van der Waals surface area (Å²) in [5, 5.41) is 24.9. The Hall–Kier alpha value is -3.82. The van der Waals surface area contributed by atoms with Crippen molar-refractivity contribution >= 4 is 23.0 Å². The Morgan fingerprint density at radius 3 is 2.46 bits per heavy atom. The average Bonchev–Trinajstić information content (AvgIpc) is 3.24. The highest BCUT2D eigenvalue weighted by Crippen LogP contribution is 2.26. The third kappa shape index (κ3) is 3.95. The number of rotatable bonds is 7. The Balaban J connectivity index is 1.88. The zero-order chi connectivity index (χ0) is 20.1. The predicted octanol–water partition coefficient (Wildman–Crippen LogP) is 2.67. The van der Waals surface area contributed by atoms with Gasteiger partial charge in [0.05, 0.1) is 21.9 Å². The molecular weight excluding hydrogens is 362 g/mol. The number of hydrogen-bond donors (Lipinski definition) is 1. The van der Waals surface area contributed by atoms with Crippen LogP contribution in [0.25, 0.3) is 5.69 Å². The number of nitro benzene ring substituents is 1. The minimum absolute atomic E-state index is 0.130. The van der Waals surface area contributed by atoms with Gasteiger partial charge in [0.1, 0.15) is 6.33 Å². The van der Waals surface area contributed by atoms with E-state index in [1.54, 1.807) is 30.3 Å². The molecule has 144 valence electrons. The van der Waals surface area contributed by atoms with E-state index in [9.17, 15) is 14.9 Å². The van der Waals surface area contributed by atoms with Crippen molar-refractivity contribution in [3.05, 3.63) is 64.5 Å². The van der Waals surface area contributed by atoms with Crippen molar-refractivity contribution in [2.75, 3.05) is 23.3 Å². The minimum atomic E-state index is -0.510. The van der Waals surface area contributed by atoms with Crippen LogP contribution in [-0.4, -0.2) is 44.1 Å². The number of nitro groups is 1. The Morgan fingerprint density at radius 2 is 1.89 bits per heavy atom. The molecule has 0 saturated carbocycles. The van der Waals surface area contributed by atoms with Gasteiger partial charge in [-0.15, -0.1) is 5.10 Å². The number of amides is 1. The number of non-ortho nitro benzene ring substituents is 1. The van der Waals surface area contributed by atoms with Gasteiger partial charge in [-0.05, 0) is 54.6 Å². The number of anilines is 2. The topological polar surface area (TPSA) is 119 Å². The second-order valence-corrected chi connectivity index (χ2v) is 5.89. The van der Waals surface area contributed by atoms with E-state index < -0.39 is 10.8 Å². The standard InChI is InChI=1S/C18H19N7O3/c1-3-23(4-2)17-10-9-15(25(27)28)11-16(17)18(26)20-13-5-7-14(8-6-13)24-12-19-21-22-24/h5-12H,3-4H2,1-2H3,(H,20,26). The van der Waals surface area contributed by atoms with Crippen LogP contribution in [0.3, 0.4) is 0 Å². The molecule has 0 aliphatic heterocycles. The minimum Gasteiger partial charge on any atom is -0.371 e. The molecular formula is C18H19N7O3. The first kappa shape index (κ1) is 19.0. The van der Waals surface area contributed by atoms with E-state index in [1.165, 1.54) is 23.1 Å². The molecule has 3 rings (SSSR count). The fourth-order valence-electron chi connectivity index (χ4n) is 2.84. The first-order valence-electron chi connectivity index (χ1n) is 8.71. The molecule has 1 amide bonds. The smallest absolute Gasteiger partial charge is 0.270 e. The molecule has 0 spiro atoms. The molecule has 0 aliphatic rings. The molecule has 2 aromatic carbocycles. The van der Waals surface area contributed by atoms with Gasteiger partial charge in [0.25, 0.3) is 11.6 Å². The van der Waals surface area contributed by atoms with Crippen LogP contribution in [0.15, 0.2) is 48.8 Å². The molecule has 0 fully saturated rings. The molecule has 0 bridgehead atoms. The van der Waals surface area contributed by atoms with Gasteiger partial charge in [-0.2, -0.15) is 0 Å². The summed E-state index contributed by atoms with van der Waals surface area (Å²) >= 11 is 0. The molecule has 0 saturated heterocycles. The van der Waals surface area contributed by atoms with Gasteiger partial charge < -0.3 is 10.2 Å². The largest absolute Gasteiger partial charge is 0.371 e. The summed E-state index contributed by atoms with van der Waals surface area (Å²) in [4.78, 5) is 25.5. The Labute approximate surface area is 160 Å². The number of hydrogen-bond acceptors (Lipinski definition) is 7. The van der Waals surface area contributed by atoms with Crippen LogP contribution < -0.4 is 10.2 Å². The second kappa shape index (κ2) is 8.25. The van der Waals surface area contributed by atoms with Crippen molar-refractivity contribution in [3.63, 3.8) is 0 Å². The summed E-state index contributed by atoms with van der Waals surface area (Å²) in [6, 6.07) is 11.3. The van der Waals surface area contributed by atoms with Gasteiger partial charge in [-0.25, -0.2) is 4.68 Å². The summed E-state index contributed by atoms with van der Waals surface area (Å²) in [7, 11) is 0. The van der Waals surface area contributed by atoms with E-state index in [1.807, 2.05) is 18.7 Å². The van der Waals surface area contributed by atoms with Gasteiger partial charge >= 0.3 is 0 Å².